The Balaban J connectivity index is 1.51. The molecular weight excluding hydrogens is 338 g/mol. The largest absolute Gasteiger partial charge is 0.358 e. The lowest BCUT2D eigenvalue weighted by Gasteiger charge is -2.15. The van der Waals surface area contributed by atoms with E-state index in [9.17, 15) is 9.59 Å². The van der Waals surface area contributed by atoms with Crippen LogP contribution in [0.3, 0.4) is 0 Å². The minimum Gasteiger partial charge on any atom is -0.358 e. The first-order valence-corrected chi connectivity index (χ1v) is 9.36. The van der Waals surface area contributed by atoms with Gasteiger partial charge in [-0.15, -0.1) is 0 Å². The number of Topliss-reactive ketones (excluding diaryl/α,β-unsaturated/α-hetero) is 1. The maximum absolute atomic E-state index is 12.8. The van der Waals surface area contributed by atoms with E-state index in [1.54, 1.807) is 0 Å². The van der Waals surface area contributed by atoms with Gasteiger partial charge in [-0.3, -0.25) is 14.5 Å². The molecule has 1 aromatic heterocycles. The number of aromatic amines is 1. The smallest absolute Gasteiger partial charge is 0.296 e. The van der Waals surface area contributed by atoms with E-state index in [1.807, 2.05) is 49.4 Å². The molecule has 2 N–H and O–H groups in total. The molecular formula is C22H23N3O2. The Kier molecular flexibility index (Phi) is 4.77. The van der Waals surface area contributed by atoms with Crippen LogP contribution in [0.1, 0.15) is 34.5 Å². The lowest BCUT2D eigenvalue weighted by atomic mass is 10.1. The highest BCUT2D eigenvalue weighted by Gasteiger charge is 2.22. The van der Waals surface area contributed by atoms with E-state index in [1.165, 1.54) is 12.8 Å². The van der Waals surface area contributed by atoms with E-state index >= 15 is 0 Å². The predicted molar refractivity (Wildman–Crippen MR) is 107 cm³/mol. The first kappa shape index (κ1) is 17.5. The number of benzene rings is 2. The summed E-state index contributed by atoms with van der Waals surface area (Å²) >= 11 is 0. The molecule has 138 valence electrons. The Morgan fingerprint density at radius 1 is 1.07 bits per heavy atom. The molecule has 27 heavy (non-hydrogen) atoms. The molecule has 1 aliphatic rings. The van der Waals surface area contributed by atoms with E-state index < -0.39 is 11.7 Å². The van der Waals surface area contributed by atoms with Gasteiger partial charge < -0.3 is 10.3 Å². The number of anilines is 1. The van der Waals surface area contributed by atoms with Crippen LogP contribution in [0.4, 0.5) is 5.69 Å². The highest BCUT2D eigenvalue weighted by atomic mass is 16.2. The fraction of sp³-hybridized carbons (Fsp3) is 0.273. The molecule has 1 fully saturated rings. The number of likely N-dealkylation sites (tertiary alicyclic amines) is 1. The van der Waals surface area contributed by atoms with Crippen LogP contribution < -0.4 is 5.32 Å². The third-order valence-electron chi connectivity index (χ3n) is 5.12. The SMILES string of the molecule is Cc1[nH]c2ccccc2c1C(=O)C(=O)Nc1cccc(CN2CCCC2)c1. The summed E-state index contributed by atoms with van der Waals surface area (Å²) in [5.41, 5.74) is 3.81. The van der Waals surface area contributed by atoms with E-state index in [0.717, 1.165) is 36.1 Å². The molecule has 1 amide bonds. The van der Waals surface area contributed by atoms with Crippen LogP contribution in [0.25, 0.3) is 10.9 Å². The molecule has 0 aliphatic carbocycles. The second-order valence-corrected chi connectivity index (χ2v) is 7.14. The number of carbonyl (C=O) groups excluding carboxylic acids is 2. The number of aryl methyl sites for hydroxylation is 1. The lowest BCUT2D eigenvalue weighted by molar-refractivity contribution is -0.112. The van der Waals surface area contributed by atoms with Crippen molar-refractivity contribution < 1.29 is 9.59 Å². The van der Waals surface area contributed by atoms with Gasteiger partial charge in [0, 0.05) is 28.8 Å². The molecule has 1 aliphatic heterocycles. The molecule has 2 heterocycles. The molecule has 5 nitrogen and oxygen atoms in total. The summed E-state index contributed by atoms with van der Waals surface area (Å²) in [6.45, 7) is 4.93. The summed E-state index contributed by atoms with van der Waals surface area (Å²) in [6.07, 6.45) is 2.49. The van der Waals surface area contributed by atoms with Gasteiger partial charge in [-0.25, -0.2) is 0 Å². The normalized spacial score (nSPS) is 14.6. The van der Waals surface area contributed by atoms with Gasteiger partial charge in [-0.2, -0.15) is 0 Å². The highest BCUT2D eigenvalue weighted by molar-refractivity contribution is 6.48. The van der Waals surface area contributed by atoms with Crippen molar-refractivity contribution in [2.75, 3.05) is 18.4 Å². The number of nitrogens with zero attached hydrogens (tertiary/aromatic N) is 1. The second-order valence-electron chi connectivity index (χ2n) is 7.14. The predicted octanol–water partition coefficient (Wildman–Crippen LogP) is 3.89. The number of hydrogen-bond acceptors (Lipinski definition) is 3. The zero-order chi connectivity index (χ0) is 18.8. The lowest BCUT2D eigenvalue weighted by Crippen LogP contribution is -2.23. The molecule has 0 saturated carbocycles. The monoisotopic (exact) mass is 361 g/mol. The van der Waals surface area contributed by atoms with Gasteiger partial charge in [0.25, 0.3) is 11.7 Å². The molecule has 5 heteroatoms. The minimum absolute atomic E-state index is 0.441. The maximum atomic E-state index is 12.8. The van der Waals surface area contributed by atoms with Crippen molar-refractivity contribution in [3.63, 3.8) is 0 Å². The summed E-state index contributed by atoms with van der Waals surface area (Å²) in [6, 6.07) is 15.3. The second kappa shape index (κ2) is 7.37. The molecule has 0 bridgehead atoms. The van der Waals surface area contributed by atoms with E-state index in [2.05, 4.69) is 21.3 Å². The highest BCUT2D eigenvalue weighted by Crippen LogP contribution is 2.23. The topological polar surface area (TPSA) is 65.2 Å². The fourth-order valence-corrected chi connectivity index (χ4v) is 3.82. The van der Waals surface area contributed by atoms with E-state index in [-0.39, 0.29) is 0 Å². The Hall–Kier alpha value is -2.92. The molecule has 0 atom stereocenters. The van der Waals surface area contributed by atoms with Crippen molar-refractivity contribution in [3.05, 3.63) is 65.4 Å². The van der Waals surface area contributed by atoms with Crippen molar-refractivity contribution in [2.45, 2.75) is 26.3 Å². The van der Waals surface area contributed by atoms with Gasteiger partial charge in [0.1, 0.15) is 0 Å². The van der Waals surface area contributed by atoms with Crippen LogP contribution in [0.5, 0.6) is 0 Å². The number of H-pyrrole nitrogens is 1. The van der Waals surface area contributed by atoms with Crippen LogP contribution >= 0.6 is 0 Å². The fourth-order valence-electron chi connectivity index (χ4n) is 3.82. The first-order valence-electron chi connectivity index (χ1n) is 9.36. The molecule has 3 aromatic rings. The molecule has 1 saturated heterocycles. The van der Waals surface area contributed by atoms with Crippen LogP contribution in [-0.4, -0.2) is 34.7 Å². The number of aromatic nitrogens is 1. The van der Waals surface area contributed by atoms with Crippen molar-refractivity contribution in [3.8, 4) is 0 Å². The number of ketones is 1. The van der Waals surface area contributed by atoms with Crippen LogP contribution in [-0.2, 0) is 11.3 Å². The zero-order valence-electron chi connectivity index (χ0n) is 15.4. The Bertz CT molecular complexity index is 1000. The van der Waals surface area contributed by atoms with Gasteiger partial charge in [0.15, 0.2) is 0 Å². The van der Waals surface area contributed by atoms with Crippen molar-refractivity contribution in [2.24, 2.45) is 0 Å². The summed E-state index contributed by atoms with van der Waals surface area (Å²) in [7, 11) is 0. The van der Waals surface area contributed by atoms with Crippen LogP contribution in [0.15, 0.2) is 48.5 Å². The average molecular weight is 361 g/mol. The van der Waals surface area contributed by atoms with Gasteiger partial charge in [-0.05, 0) is 56.6 Å². The average Bonchev–Trinajstić information content (AvgIpc) is 3.28. The zero-order valence-corrected chi connectivity index (χ0v) is 15.4. The summed E-state index contributed by atoms with van der Waals surface area (Å²) in [4.78, 5) is 30.9. The number of para-hydroxylation sites is 1. The van der Waals surface area contributed by atoms with Gasteiger partial charge >= 0.3 is 0 Å². The van der Waals surface area contributed by atoms with Crippen molar-refractivity contribution in [1.29, 1.82) is 0 Å². The molecule has 0 unspecified atom stereocenters. The Morgan fingerprint density at radius 3 is 2.67 bits per heavy atom. The standard InChI is InChI=1S/C22H23N3O2/c1-15-20(18-9-2-3-10-19(18)23-15)21(26)22(27)24-17-8-6-7-16(13-17)14-25-11-4-5-12-25/h2-3,6-10,13,23H,4-5,11-12,14H2,1H3,(H,24,27). The van der Waals surface area contributed by atoms with E-state index in [4.69, 9.17) is 0 Å². The third kappa shape index (κ3) is 3.64. The van der Waals surface area contributed by atoms with Crippen LogP contribution in [0, 0.1) is 6.92 Å². The minimum atomic E-state index is -0.610. The molecule has 4 rings (SSSR count). The Labute approximate surface area is 158 Å². The van der Waals surface area contributed by atoms with Gasteiger partial charge in [0.05, 0.1) is 5.56 Å². The molecule has 2 aromatic carbocycles. The van der Waals surface area contributed by atoms with Gasteiger partial charge in [-0.1, -0.05) is 30.3 Å². The van der Waals surface area contributed by atoms with E-state index in [0.29, 0.717) is 16.9 Å². The summed E-state index contributed by atoms with van der Waals surface area (Å²) < 4.78 is 0. The third-order valence-corrected chi connectivity index (χ3v) is 5.12. The summed E-state index contributed by atoms with van der Waals surface area (Å²) in [5.74, 6) is -1.13. The number of fused-ring (bicyclic) bond motifs is 1. The van der Waals surface area contributed by atoms with Crippen LogP contribution in [0.2, 0.25) is 0 Å². The number of carbonyl (C=O) groups is 2. The Morgan fingerprint density at radius 2 is 1.85 bits per heavy atom. The van der Waals surface area contributed by atoms with Crippen molar-refractivity contribution >= 4 is 28.3 Å². The number of amides is 1. The summed E-state index contributed by atoms with van der Waals surface area (Å²) in [5, 5.41) is 3.54. The first-order chi connectivity index (χ1) is 13.1. The quantitative estimate of drug-likeness (QED) is 0.535. The number of hydrogen-bond donors (Lipinski definition) is 2. The number of nitrogens with one attached hydrogen (secondary N) is 2. The maximum Gasteiger partial charge on any atom is 0.296 e. The van der Waals surface area contributed by atoms with Crippen molar-refractivity contribution in [1.82, 2.24) is 9.88 Å². The molecule has 0 spiro atoms. The van der Waals surface area contributed by atoms with Gasteiger partial charge in [0.2, 0.25) is 0 Å². The number of rotatable bonds is 5. The molecule has 0 radical (unpaired) electrons.